The van der Waals surface area contributed by atoms with E-state index in [1.54, 1.807) is 34.6 Å². The number of aliphatic carboxylic acids is 1. The first-order valence-electron chi connectivity index (χ1n) is 8.66. The second-order valence-electron chi connectivity index (χ2n) is 7.60. The Hall–Kier alpha value is -2.64. The van der Waals surface area contributed by atoms with Crippen molar-refractivity contribution in [2.75, 3.05) is 0 Å². The molecule has 0 saturated carbocycles. The number of alkyl carbamates (subject to hydrolysis) is 1. The monoisotopic (exact) mass is 382 g/mol. The van der Waals surface area contributed by atoms with Crippen LogP contribution in [0.4, 0.5) is 9.18 Å². The fourth-order valence-corrected chi connectivity index (χ4v) is 2.28. The number of halogens is 1. The van der Waals surface area contributed by atoms with Crippen molar-refractivity contribution in [3.63, 3.8) is 0 Å². The summed E-state index contributed by atoms with van der Waals surface area (Å²) in [4.78, 5) is 36.0. The molecule has 0 aliphatic carbocycles. The van der Waals surface area contributed by atoms with Gasteiger partial charge in [0.05, 0.1) is 0 Å². The van der Waals surface area contributed by atoms with Gasteiger partial charge in [0.2, 0.25) is 5.91 Å². The zero-order valence-corrected chi connectivity index (χ0v) is 16.2. The summed E-state index contributed by atoms with van der Waals surface area (Å²) in [5, 5.41) is 14.2. The number of amides is 2. The predicted molar refractivity (Wildman–Crippen MR) is 97.7 cm³/mol. The molecule has 0 aliphatic heterocycles. The molecule has 0 radical (unpaired) electrons. The van der Waals surface area contributed by atoms with Gasteiger partial charge in [0.15, 0.2) is 0 Å². The molecule has 0 aliphatic rings. The molecule has 8 heteroatoms. The molecule has 0 heterocycles. The third-order valence-corrected chi connectivity index (χ3v) is 3.59. The van der Waals surface area contributed by atoms with Crippen LogP contribution in [0.2, 0.25) is 0 Å². The zero-order chi connectivity index (χ0) is 20.8. The molecular weight excluding hydrogens is 355 g/mol. The fraction of sp³-hybridized carbons (Fsp3) is 0.526. The van der Waals surface area contributed by atoms with E-state index < -0.39 is 41.5 Å². The molecule has 1 aromatic carbocycles. The highest BCUT2D eigenvalue weighted by Gasteiger charge is 2.29. The number of nitrogens with one attached hydrogen (secondary N) is 2. The molecule has 2 amide bonds. The van der Waals surface area contributed by atoms with Crippen LogP contribution in [0, 0.1) is 11.7 Å². The Labute approximate surface area is 158 Å². The number of carbonyl (C=O) groups is 3. The topological polar surface area (TPSA) is 105 Å². The SMILES string of the molecule is CC(C)[C@H](NC(=O)[C@H](Cc1ccc(F)cc1)NC(=O)OC(C)(C)C)C(=O)O. The standard InChI is InChI=1S/C19H27FN2O5/c1-11(2)15(17(24)25)22-16(23)14(21-18(26)27-19(3,4)5)10-12-6-8-13(20)9-7-12/h6-9,11,14-15H,10H2,1-5H3,(H,21,26)(H,22,23)(H,24,25)/t14-,15-/m0/s1. The van der Waals surface area contributed by atoms with Crippen LogP contribution in [0.25, 0.3) is 0 Å². The van der Waals surface area contributed by atoms with Gasteiger partial charge in [-0.3, -0.25) is 4.79 Å². The normalized spacial score (nSPS) is 13.6. The van der Waals surface area contributed by atoms with Gasteiger partial charge in [-0.2, -0.15) is 0 Å². The van der Waals surface area contributed by atoms with Crippen LogP contribution < -0.4 is 10.6 Å². The van der Waals surface area contributed by atoms with Crippen molar-refractivity contribution in [3.05, 3.63) is 35.6 Å². The molecule has 150 valence electrons. The van der Waals surface area contributed by atoms with E-state index >= 15 is 0 Å². The van der Waals surface area contributed by atoms with Gasteiger partial charge in [0.1, 0.15) is 23.5 Å². The number of ether oxygens (including phenoxy) is 1. The molecule has 0 spiro atoms. The second-order valence-corrected chi connectivity index (χ2v) is 7.60. The van der Waals surface area contributed by atoms with Crippen LogP contribution in [-0.4, -0.2) is 40.8 Å². The van der Waals surface area contributed by atoms with Gasteiger partial charge >= 0.3 is 12.1 Å². The number of hydrogen-bond donors (Lipinski definition) is 3. The summed E-state index contributed by atoms with van der Waals surface area (Å²) < 4.78 is 18.3. The molecule has 0 bridgehead atoms. The predicted octanol–water partition coefficient (Wildman–Crippen LogP) is 2.49. The van der Waals surface area contributed by atoms with Crippen LogP contribution in [0.1, 0.15) is 40.2 Å². The van der Waals surface area contributed by atoms with E-state index in [1.165, 1.54) is 24.3 Å². The molecule has 27 heavy (non-hydrogen) atoms. The average molecular weight is 382 g/mol. The van der Waals surface area contributed by atoms with Gasteiger partial charge in [0.25, 0.3) is 0 Å². The highest BCUT2D eigenvalue weighted by atomic mass is 19.1. The van der Waals surface area contributed by atoms with Gasteiger partial charge in [0, 0.05) is 6.42 Å². The first kappa shape index (κ1) is 22.4. The van der Waals surface area contributed by atoms with Gasteiger partial charge in [-0.15, -0.1) is 0 Å². The van der Waals surface area contributed by atoms with Crippen molar-refractivity contribution in [1.29, 1.82) is 0 Å². The number of benzene rings is 1. The lowest BCUT2D eigenvalue weighted by Gasteiger charge is -2.25. The number of carboxylic acids is 1. The molecule has 0 saturated heterocycles. The van der Waals surface area contributed by atoms with E-state index in [0.29, 0.717) is 5.56 Å². The highest BCUT2D eigenvalue weighted by molar-refractivity contribution is 5.89. The first-order valence-corrected chi connectivity index (χ1v) is 8.66. The average Bonchev–Trinajstić information content (AvgIpc) is 2.51. The highest BCUT2D eigenvalue weighted by Crippen LogP contribution is 2.10. The zero-order valence-electron chi connectivity index (χ0n) is 16.2. The third-order valence-electron chi connectivity index (χ3n) is 3.59. The summed E-state index contributed by atoms with van der Waals surface area (Å²) in [5.74, 6) is -2.60. The van der Waals surface area contributed by atoms with Gasteiger partial charge in [-0.1, -0.05) is 26.0 Å². The third kappa shape index (κ3) is 8.06. The number of hydrogen-bond acceptors (Lipinski definition) is 4. The van der Waals surface area contributed by atoms with Crippen molar-refractivity contribution in [2.45, 2.75) is 58.7 Å². The smallest absolute Gasteiger partial charge is 0.408 e. The minimum absolute atomic E-state index is 0.0514. The molecule has 7 nitrogen and oxygen atoms in total. The van der Waals surface area contributed by atoms with E-state index in [4.69, 9.17) is 4.74 Å². The maximum atomic E-state index is 13.1. The molecular formula is C19H27FN2O5. The Morgan fingerprint density at radius 1 is 1.11 bits per heavy atom. The number of rotatable bonds is 7. The lowest BCUT2D eigenvalue weighted by molar-refractivity contribution is -0.143. The van der Waals surface area contributed by atoms with Crippen LogP contribution in [-0.2, 0) is 20.7 Å². The Balaban J connectivity index is 2.97. The van der Waals surface area contributed by atoms with Gasteiger partial charge in [-0.25, -0.2) is 14.0 Å². The Bertz CT molecular complexity index is 668. The summed E-state index contributed by atoms with van der Waals surface area (Å²) in [5.41, 5.74) is -0.160. The van der Waals surface area contributed by atoms with Crippen molar-refractivity contribution in [2.24, 2.45) is 5.92 Å². The first-order chi connectivity index (χ1) is 12.4. The summed E-state index contributed by atoms with van der Waals surface area (Å²) in [6.45, 7) is 8.37. The Morgan fingerprint density at radius 3 is 2.11 bits per heavy atom. The minimum atomic E-state index is -1.17. The van der Waals surface area contributed by atoms with Crippen molar-refractivity contribution < 1.29 is 28.6 Å². The van der Waals surface area contributed by atoms with Gasteiger partial charge < -0.3 is 20.5 Å². The van der Waals surface area contributed by atoms with E-state index in [9.17, 15) is 23.9 Å². The maximum absolute atomic E-state index is 13.1. The summed E-state index contributed by atoms with van der Waals surface area (Å²) in [6, 6.07) is 3.28. The number of carbonyl (C=O) groups excluding carboxylic acids is 2. The van der Waals surface area contributed by atoms with Crippen molar-refractivity contribution in [3.8, 4) is 0 Å². The lowest BCUT2D eigenvalue weighted by atomic mass is 10.0. The van der Waals surface area contributed by atoms with Crippen molar-refractivity contribution in [1.82, 2.24) is 10.6 Å². The molecule has 1 rings (SSSR count). The lowest BCUT2D eigenvalue weighted by Crippen LogP contribution is -2.54. The largest absolute Gasteiger partial charge is 0.480 e. The fourth-order valence-electron chi connectivity index (χ4n) is 2.28. The second kappa shape index (κ2) is 9.34. The molecule has 0 aromatic heterocycles. The van der Waals surface area contributed by atoms with Crippen LogP contribution in [0.3, 0.4) is 0 Å². The van der Waals surface area contributed by atoms with Gasteiger partial charge in [-0.05, 0) is 44.4 Å². The van der Waals surface area contributed by atoms with Crippen LogP contribution >= 0.6 is 0 Å². The van der Waals surface area contributed by atoms with E-state index in [1.807, 2.05) is 0 Å². The number of carboxylic acid groups (broad SMARTS) is 1. The molecule has 2 atom stereocenters. The molecule has 3 N–H and O–H groups in total. The molecule has 0 unspecified atom stereocenters. The Morgan fingerprint density at radius 2 is 1.67 bits per heavy atom. The van der Waals surface area contributed by atoms with E-state index in [-0.39, 0.29) is 12.3 Å². The quantitative estimate of drug-likeness (QED) is 0.672. The van der Waals surface area contributed by atoms with Crippen molar-refractivity contribution >= 4 is 18.0 Å². The summed E-state index contributed by atoms with van der Waals surface area (Å²) in [6.07, 6.45) is -0.753. The Kier molecular flexibility index (Phi) is 7.75. The molecule has 1 aromatic rings. The molecule has 0 fully saturated rings. The summed E-state index contributed by atoms with van der Waals surface area (Å²) in [7, 11) is 0. The van der Waals surface area contributed by atoms with Crippen LogP contribution in [0.5, 0.6) is 0 Å². The minimum Gasteiger partial charge on any atom is -0.480 e. The van der Waals surface area contributed by atoms with E-state index in [2.05, 4.69) is 10.6 Å². The van der Waals surface area contributed by atoms with E-state index in [0.717, 1.165) is 0 Å². The van der Waals surface area contributed by atoms with Crippen LogP contribution in [0.15, 0.2) is 24.3 Å². The maximum Gasteiger partial charge on any atom is 0.408 e. The summed E-state index contributed by atoms with van der Waals surface area (Å²) >= 11 is 0.